The summed E-state index contributed by atoms with van der Waals surface area (Å²) in [6, 6.07) is 12.9. The summed E-state index contributed by atoms with van der Waals surface area (Å²) in [5.74, 6) is 0. The van der Waals surface area contributed by atoms with Crippen molar-refractivity contribution in [2.24, 2.45) is 0 Å². The summed E-state index contributed by atoms with van der Waals surface area (Å²) in [6.45, 7) is 0. The van der Waals surface area contributed by atoms with Crippen LogP contribution >= 0.6 is 23.2 Å². The molecule has 0 radical (unpaired) electrons. The zero-order valence-electron chi connectivity index (χ0n) is 12.2. The summed E-state index contributed by atoms with van der Waals surface area (Å²) in [7, 11) is 3.88. The molecule has 0 atom stereocenters. The second kappa shape index (κ2) is 5.67. The van der Waals surface area contributed by atoms with Gasteiger partial charge in [0.1, 0.15) is 0 Å². The van der Waals surface area contributed by atoms with E-state index in [0.717, 1.165) is 16.6 Å². The van der Waals surface area contributed by atoms with Gasteiger partial charge in [-0.05, 0) is 41.8 Å². The molecule has 1 N–H and O–H groups in total. The van der Waals surface area contributed by atoms with E-state index in [2.05, 4.69) is 4.98 Å². The fourth-order valence-electron chi connectivity index (χ4n) is 2.39. The standard InChI is InChI=1S/C17H14Cl2N2O/c1-21(2)14-4-3-10-7-16(20-17(22)15(10)9-14)11-5-12(18)8-13(19)6-11/h3-9H,1-2H3,(H,20,22). The van der Waals surface area contributed by atoms with Gasteiger partial charge < -0.3 is 9.88 Å². The topological polar surface area (TPSA) is 36.1 Å². The van der Waals surface area contributed by atoms with Gasteiger partial charge in [-0.2, -0.15) is 0 Å². The molecule has 5 heteroatoms. The van der Waals surface area contributed by atoms with Gasteiger partial charge in [0.2, 0.25) is 0 Å². The molecule has 3 rings (SSSR count). The van der Waals surface area contributed by atoms with Gasteiger partial charge in [-0.1, -0.05) is 29.3 Å². The Kier molecular flexibility index (Phi) is 3.85. The first-order valence-electron chi connectivity index (χ1n) is 6.75. The van der Waals surface area contributed by atoms with Crippen molar-refractivity contribution in [1.29, 1.82) is 0 Å². The monoisotopic (exact) mass is 332 g/mol. The third-order valence-corrected chi connectivity index (χ3v) is 3.96. The predicted molar refractivity (Wildman–Crippen MR) is 94.4 cm³/mol. The Hall–Kier alpha value is -1.97. The maximum absolute atomic E-state index is 12.4. The summed E-state index contributed by atoms with van der Waals surface area (Å²) < 4.78 is 0. The zero-order chi connectivity index (χ0) is 15.9. The number of anilines is 1. The molecule has 3 nitrogen and oxygen atoms in total. The number of nitrogens with one attached hydrogen (secondary N) is 1. The van der Waals surface area contributed by atoms with E-state index in [4.69, 9.17) is 23.2 Å². The number of aromatic nitrogens is 1. The van der Waals surface area contributed by atoms with Crippen LogP contribution in [0.5, 0.6) is 0 Å². The van der Waals surface area contributed by atoms with E-state index < -0.39 is 0 Å². The molecule has 0 saturated heterocycles. The van der Waals surface area contributed by atoms with E-state index in [-0.39, 0.29) is 5.56 Å². The van der Waals surface area contributed by atoms with Crippen molar-refractivity contribution in [2.45, 2.75) is 0 Å². The van der Waals surface area contributed by atoms with Crippen molar-refractivity contribution in [1.82, 2.24) is 4.98 Å². The van der Waals surface area contributed by atoms with Crippen LogP contribution in [0, 0.1) is 0 Å². The molecule has 0 bridgehead atoms. The number of fused-ring (bicyclic) bond motifs is 1. The summed E-state index contributed by atoms with van der Waals surface area (Å²) in [5.41, 5.74) is 2.33. The lowest BCUT2D eigenvalue weighted by atomic mass is 10.1. The largest absolute Gasteiger partial charge is 0.378 e. The minimum Gasteiger partial charge on any atom is -0.378 e. The number of hydrogen-bond acceptors (Lipinski definition) is 2. The molecule has 0 aliphatic rings. The molecule has 0 amide bonds. The molecule has 0 spiro atoms. The van der Waals surface area contributed by atoms with Crippen molar-refractivity contribution in [3.63, 3.8) is 0 Å². The van der Waals surface area contributed by atoms with E-state index in [1.807, 2.05) is 43.3 Å². The number of pyridine rings is 1. The fourth-order valence-corrected chi connectivity index (χ4v) is 2.92. The van der Waals surface area contributed by atoms with Gasteiger partial charge >= 0.3 is 0 Å². The van der Waals surface area contributed by atoms with Crippen LogP contribution in [0.4, 0.5) is 5.69 Å². The van der Waals surface area contributed by atoms with Crippen molar-refractivity contribution in [3.8, 4) is 11.3 Å². The normalized spacial score (nSPS) is 10.9. The Bertz CT molecular complexity index is 896. The number of H-pyrrole nitrogens is 1. The first kappa shape index (κ1) is 14.9. The highest BCUT2D eigenvalue weighted by Gasteiger charge is 2.07. The lowest BCUT2D eigenvalue weighted by Crippen LogP contribution is -2.11. The van der Waals surface area contributed by atoms with Crippen molar-refractivity contribution in [2.75, 3.05) is 19.0 Å². The molecule has 0 aliphatic carbocycles. The number of nitrogens with zero attached hydrogens (tertiary/aromatic N) is 1. The van der Waals surface area contributed by atoms with E-state index in [1.54, 1.807) is 18.2 Å². The Morgan fingerprint density at radius 3 is 2.27 bits per heavy atom. The Balaban J connectivity index is 2.21. The van der Waals surface area contributed by atoms with Crippen LogP contribution in [0.25, 0.3) is 22.0 Å². The molecule has 1 aromatic heterocycles. The van der Waals surface area contributed by atoms with Crippen LogP contribution in [-0.2, 0) is 0 Å². The highest BCUT2D eigenvalue weighted by Crippen LogP contribution is 2.27. The van der Waals surface area contributed by atoms with Crippen LogP contribution in [0.2, 0.25) is 10.0 Å². The molecule has 0 aliphatic heterocycles. The molecular weight excluding hydrogens is 319 g/mol. The van der Waals surface area contributed by atoms with Gasteiger partial charge in [0.25, 0.3) is 5.56 Å². The average molecular weight is 333 g/mol. The maximum Gasteiger partial charge on any atom is 0.256 e. The molecule has 0 fully saturated rings. The van der Waals surface area contributed by atoms with Crippen LogP contribution in [0.1, 0.15) is 0 Å². The molecule has 0 unspecified atom stereocenters. The molecule has 1 heterocycles. The minimum absolute atomic E-state index is 0.132. The molecule has 22 heavy (non-hydrogen) atoms. The number of hydrogen-bond donors (Lipinski definition) is 1. The highest BCUT2D eigenvalue weighted by atomic mass is 35.5. The second-order valence-electron chi connectivity index (χ2n) is 5.34. The number of rotatable bonds is 2. The first-order valence-corrected chi connectivity index (χ1v) is 7.50. The summed E-state index contributed by atoms with van der Waals surface area (Å²) in [6.07, 6.45) is 0. The van der Waals surface area contributed by atoms with Gasteiger partial charge in [-0.3, -0.25) is 4.79 Å². The Morgan fingerprint density at radius 1 is 0.955 bits per heavy atom. The lowest BCUT2D eigenvalue weighted by molar-refractivity contribution is 1.13. The van der Waals surface area contributed by atoms with Crippen molar-refractivity contribution < 1.29 is 0 Å². The molecule has 2 aromatic carbocycles. The van der Waals surface area contributed by atoms with E-state index in [9.17, 15) is 4.79 Å². The van der Waals surface area contributed by atoms with Crippen molar-refractivity contribution >= 4 is 39.7 Å². The quantitative estimate of drug-likeness (QED) is 0.746. The summed E-state index contributed by atoms with van der Waals surface area (Å²) >= 11 is 12.1. The van der Waals surface area contributed by atoms with Gasteiger partial charge in [-0.15, -0.1) is 0 Å². The molecule has 3 aromatic rings. The van der Waals surface area contributed by atoms with Gasteiger partial charge in [0.15, 0.2) is 0 Å². The Morgan fingerprint density at radius 2 is 1.64 bits per heavy atom. The van der Waals surface area contributed by atoms with Gasteiger partial charge in [0.05, 0.1) is 0 Å². The third-order valence-electron chi connectivity index (χ3n) is 3.52. The van der Waals surface area contributed by atoms with E-state index >= 15 is 0 Å². The van der Waals surface area contributed by atoms with Gasteiger partial charge in [0, 0.05) is 46.5 Å². The highest BCUT2D eigenvalue weighted by molar-refractivity contribution is 6.35. The second-order valence-corrected chi connectivity index (χ2v) is 6.21. The molecule has 0 saturated carbocycles. The van der Waals surface area contributed by atoms with Crippen LogP contribution in [0.3, 0.4) is 0 Å². The Labute approximate surface area is 138 Å². The first-order chi connectivity index (χ1) is 10.4. The molecular formula is C17H14Cl2N2O. The number of halogens is 2. The van der Waals surface area contributed by atoms with E-state index in [0.29, 0.717) is 21.1 Å². The van der Waals surface area contributed by atoms with Crippen LogP contribution in [0.15, 0.2) is 47.3 Å². The fraction of sp³-hybridized carbons (Fsp3) is 0.118. The number of benzene rings is 2. The third kappa shape index (κ3) is 2.82. The maximum atomic E-state index is 12.4. The zero-order valence-corrected chi connectivity index (χ0v) is 13.7. The van der Waals surface area contributed by atoms with Crippen molar-refractivity contribution in [3.05, 3.63) is 62.9 Å². The summed E-state index contributed by atoms with van der Waals surface area (Å²) in [4.78, 5) is 17.2. The number of aromatic amines is 1. The predicted octanol–water partition coefficient (Wildman–Crippen LogP) is 4.57. The van der Waals surface area contributed by atoms with E-state index in [1.165, 1.54) is 0 Å². The SMILES string of the molecule is CN(C)c1ccc2cc(-c3cc(Cl)cc(Cl)c3)[nH]c(=O)c2c1. The summed E-state index contributed by atoms with van der Waals surface area (Å²) in [5, 5.41) is 2.60. The molecule has 112 valence electrons. The van der Waals surface area contributed by atoms with Crippen LogP contribution in [-0.4, -0.2) is 19.1 Å². The minimum atomic E-state index is -0.132. The van der Waals surface area contributed by atoms with Crippen LogP contribution < -0.4 is 10.5 Å². The average Bonchev–Trinajstić information content (AvgIpc) is 2.45. The van der Waals surface area contributed by atoms with Gasteiger partial charge in [-0.25, -0.2) is 0 Å². The smallest absolute Gasteiger partial charge is 0.256 e. The lowest BCUT2D eigenvalue weighted by Gasteiger charge is -2.13.